The molecule has 1 N–H and O–H groups in total. The minimum absolute atomic E-state index is 0.216. The zero-order valence-electron chi connectivity index (χ0n) is 9.36. The van der Waals surface area contributed by atoms with Crippen LogP contribution in [0.3, 0.4) is 0 Å². The molecule has 0 fully saturated rings. The minimum Gasteiger partial charge on any atom is -0.340 e. The van der Waals surface area contributed by atoms with Gasteiger partial charge < -0.3 is 9.82 Å². The van der Waals surface area contributed by atoms with Crippen LogP contribution in [0.25, 0.3) is 0 Å². The molecule has 2 aromatic rings. The van der Waals surface area contributed by atoms with Crippen LogP contribution in [0.5, 0.6) is 5.88 Å². The first-order valence-corrected chi connectivity index (χ1v) is 5.24. The molecule has 2 heterocycles. The van der Waals surface area contributed by atoms with E-state index in [9.17, 15) is 14.4 Å². The van der Waals surface area contributed by atoms with E-state index in [1.165, 1.54) is 12.1 Å². The van der Waals surface area contributed by atoms with Crippen molar-refractivity contribution in [2.24, 2.45) is 0 Å². The number of aromatic nitrogens is 3. The van der Waals surface area contributed by atoms with Crippen molar-refractivity contribution < 1.29 is 14.4 Å². The number of hydrogen-bond donors (Lipinski definition) is 1. The van der Waals surface area contributed by atoms with Crippen LogP contribution in [0.4, 0.5) is 0 Å². The Hall–Kier alpha value is -3.03. The summed E-state index contributed by atoms with van der Waals surface area (Å²) in [6.07, 6.45) is 1.07. The number of aromatic amines is 1. The van der Waals surface area contributed by atoms with Crippen molar-refractivity contribution in [3.63, 3.8) is 0 Å². The Morgan fingerprint density at radius 1 is 1.05 bits per heavy atom. The van der Waals surface area contributed by atoms with E-state index in [1.54, 1.807) is 12.1 Å². The molecule has 0 unspecified atom stereocenters. The summed E-state index contributed by atoms with van der Waals surface area (Å²) >= 11 is 0. The number of nitrogens with zero attached hydrogens (tertiary/aromatic N) is 3. The van der Waals surface area contributed by atoms with Crippen LogP contribution in [-0.4, -0.2) is 32.1 Å². The molecule has 0 atom stereocenters. The van der Waals surface area contributed by atoms with Crippen LogP contribution in [-0.2, 0) is 0 Å². The Balaban J connectivity index is 1.97. The summed E-state index contributed by atoms with van der Waals surface area (Å²) < 4.78 is 0. The number of hydroxylamine groups is 2. The van der Waals surface area contributed by atoms with Gasteiger partial charge in [-0.25, -0.2) is 0 Å². The minimum atomic E-state index is -0.688. The van der Waals surface area contributed by atoms with E-state index in [0.29, 0.717) is 5.06 Å². The maximum Gasteiger partial charge on any atom is 0.331 e. The average molecular weight is 258 g/mol. The number of hydrogen-bond acceptors (Lipinski definition) is 6. The largest absolute Gasteiger partial charge is 0.340 e. The number of amides is 2. The fourth-order valence-electron chi connectivity index (χ4n) is 1.67. The standard InChI is InChI=1S/C11H6N4O4/c16-8-9(14-13-5-12-8)19-15-10(17)6-3-1-2-4-7(6)11(15)18/h1-5H,(H,12,13,16). The van der Waals surface area contributed by atoms with E-state index in [1.807, 2.05) is 0 Å². The molecule has 8 nitrogen and oxygen atoms in total. The molecule has 1 aliphatic rings. The molecule has 0 saturated heterocycles. The third-order valence-electron chi connectivity index (χ3n) is 2.53. The smallest absolute Gasteiger partial charge is 0.331 e. The fourth-order valence-corrected chi connectivity index (χ4v) is 1.67. The molecule has 0 saturated carbocycles. The van der Waals surface area contributed by atoms with E-state index < -0.39 is 23.3 Å². The van der Waals surface area contributed by atoms with E-state index >= 15 is 0 Å². The summed E-state index contributed by atoms with van der Waals surface area (Å²) in [5.41, 5.74) is -0.257. The second-order valence-electron chi connectivity index (χ2n) is 3.66. The highest BCUT2D eigenvalue weighted by Crippen LogP contribution is 2.22. The Bertz CT molecular complexity index is 704. The molecular formula is C11H6N4O4. The van der Waals surface area contributed by atoms with Gasteiger partial charge in [-0.1, -0.05) is 17.2 Å². The summed E-state index contributed by atoms with van der Waals surface area (Å²) in [5, 5.41) is 7.31. The Morgan fingerprint density at radius 3 is 2.26 bits per heavy atom. The van der Waals surface area contributed by atoms with Gasteiger partial charge in [-0.15, -0.1) is 10.2 Å². The van der Waals surface area contributed by atoms with Crippen molar-refractivity contribution in [3.05, 3.63) is 52.1 Å². The predicted molar refractivity (Wildman–Crippen MR) is 60.2 cm³/mol. The molecular weight excluding hydrogens is 252 g/mol. The topological polar surface area (TPSA) is 105 Å². The molecule has 0 aliphatic carbocycles. The number of benzene rings is 1. The maximum atomic E-state index is 11.9. The lowest BCUT2D eigenvalue weighted by atomic mass is 10.1. The highest BCUT2D eigenvalue weighted by molar-refractivity contribution is 6.20. The second-order valence-corrected chi connectivity index (χ2v) is 3.66. The van der Waals surface area contributed by atoms with Crippen LogP contribution in [0, 0.1) is 0 Å². The molecule has 0 spiro atoms. The van der Waals surface area contributed by atoms with Crippen molar-refractivity contribution in [3.8, 4) is 5.88 Å². The molecule has 2 amide bonds. The number of nitrogens with one attached hydrogen (secondary N) is 1. The van der Waals surface area contributed by atoms with Crippen LogP contribution in [0.2, 0.25) is 0 Å². The number of carbonyl (C=O) groups excluding carboxylic acids is 2. The van der Waals surface area contributed by atoms with Gasteiger partial charge in [0.05, 0.1) is 11.1 Å². The molecule has 1 aromatic carbocycles. The van der Waals surface area contributed by atoms with Gasteiger partial charge in [-0.2, -0.15) is 0 Å². The van der Waals surface area contributed by atoms with Gasteiger partial charge in [0, 0.05) is 0 Å². The van der Waals surface area contributed by atoms with E-state index in [4.69, 9.17) is 4.84 Å². The quantitative estimate of drug-likeness (QED) is 0.745. The lowest BCUT2D eigenvalue weighted by Gasteiger charge is -2.11. The Labute approximate surface area is 105 Å². The van der Waals surface area contributed by atoms with E-state index in [-0.39, 0.29) is 11.1 Å². The van der Waals surface area contributed by atoms with Gasteiger partial charge in [0.25, 0.3) is 11.8 Å². The Kier molecular flexibility index (Phi) is 2.34. The highest BCUT2D eigenvalue weighted by Gasteiger charge is 2.38. The van der Waals surface area contributed by atoms with Crippen LogP contribution < -0.4 is 10.4 Å². The van der Waals surface area contributed by atoms with Gasteiger partial charge in [-0.05, 0) is 12.1 Å². The lowest BCUT2D eigenvalue weighted by Crippen LogP contribution is -2.35. The van der Waals surface area contributed by atoms with Crippen molar-refractivity contribution >= 4 is 11.8 Å². The molecule has 8 heteroatoms. The second kappa shape index (κ2) is 4.02. The number of H-pyrrole nitrogens is 1. The summed E-state index contributed by atoms with van der Waals surface area (Å²) in [5.74, 6) is -1.77. The molecule has 3 rings (SSSR count). The van der Waals surface area contributed by atoms with Gasteiger partial charge >= 0.3 is 11.4 Å². The van der Waals surface area contributed by atoms with E-state index in [0.717, 1.165) is 6.33 Å². The first-order chi connectivity index (χ1) is 9.18. The summed E-state index contributed by atoms with van der Waals surface area (Å²) in [7, 11) is 0. The van der Waals surface area contributed by atoms with Gasteiger partial charge in [0.15, 0.2) is 0 Å². The first kappa shape index (κ1) is 11.1. The number of rotatable bonds is 2. The molecule has 0 bridgehead atoms. The monoisotopic (exact) mass is 258 g/mol. The summed E-state index contributed by atoms with van der Waals surface area (Å²) in [6, 6.07) is 6.25. The number of carbonyl (C=O) groups is 2. The molecule has 19 heavy (non-hydrogen) atoms. The summed E-state index contributed by atoms with van der Waals surface area (Å²) in [6.45, 7) is 0. The molecule has 1 aromatic heterocycles. The summed E-state index contributed by atoms with van der Waals surface area (Å²) in [4.78, 5) is 42.4. The maximum absolute atomic E-state index is 11.9. The number of fused-ring (bicyclic) bond motifs is 1. The van der Waals surface area contributed by atoms with Gasteiger partial charge in [0.1, 0.15) is 6.33 Å². The third kappa shape index (κ3) is 1.66. The Morgan fingerprint density at radius 2 is 1.68 bits per heavy atom. The number of imide groups is 1. The van der Waals surface area contributed by atoms with E-state index in [2.05, 4.69) is 15.2 Å². The first-order valence-electron chi connectivity index (χ1n) is 5.24. The average Bonchev–Trinajstić information content (AvgIpc) is 2.67. The highest BCUT2D eigenvalue weighted by atomic mass is 16.7. The zero-order valence-corrected chi connectivity index (χ0v) is 9.36. The van der Waals surface area contributed by atoms with Crippen LogP contribution in [0.1, 0.15) is 20.7 Å². The van der Waals surface area contributed by atoms with Crippen molar-refractivity contribution in [2.75, 3.05) is 0 Å². The molecule has 1 aliphatic heterocycles. The zero-order chi connectivity index (χ0) is 13.4. The molecule has 0 radical (unpaired) electrons. The van der Waals surface area contributed by atoms with Gasteiger partial charge in [0.2, 0.25) is 0 Å². The van der Waals surface area contributed by atoms with Crippen molar-refractivity contribution in [1.82, 2.24) is 20.2 Å². The van der Waals surface area contributed by atoms with Gasteiger partial charge in [-0.3, -0.25) is 14.4 Å². The van der Waals surface area contributed by atoms with Crippen LogP contribution in [0.15, 0.2) is 35.4 Å². The predicted octanol–water partition coefficient (Wildman–Crippen LogP) is -0.245. The molecule has 94 valence electrons. The van der Waals surface area contributed by atoms with Crippen molar-refractivity contribution in [2.45, 2.75) is 0 Å². The van der Waals surface area contributed by atoms with Crippen molar-refractivity contribution in [1.29, 1.82) is 0 Å². The third-order valence-corrected chi connectivity index (χ3v) is 2.53. The van der Waals surface area contributed by atoms with Crippen LogP contribution >= 0.6 is 0 Å². The fraction of sp³-hybridized carbons (Fsp3) is 0. The SMILES string of the molecule is O=C1c2ccccc2C(=O)N1Oc1nnc[nH]c1=O. The lowest BCUT2D eigenvalue weighted by molar-refractivity contribution is -0.0181. The normalized spacial score (nSPS) is 13.6.